The second-order valence-corrected chi connectivity index (χ2v) is 8.55. The highest BCUT2D eigenvalue weighted by Gasteiger charge is 2.19. The Kier molecular flexibility index (Phi) is 15.5. The van der Waals surface area contributed by atoms with Gasteiger partial charge in [-0.1, -0.05) is 47.5 Å². The molecule has 0 bridgehead atoms. The number of nitrogens with one attached hydrogen (secondary N) is 3. The van der Waals surface area contributed by atoms with Gasteiger partial charge in [0.25, 0.3) is 0 Å². The molecule has 163 valence electrons. The van der Waals surface area contributed by atoms with Gasteiger partial charge in [0.05, 0.1) is 24.4 Å². The Morgan fingerprint density at radius 1 is 1.00 bits per heavy atom. The lowest BCUT2D eigenvalue weighted by Crippen LogP contribution is -2.42. The van der Waals surface area contributed by atoms with Crippen molar-refractivity contribution in [3.63, 3.8) is 0 Å². The molecule has 0 aliphatic heterocycles. The smallest absolute Gasteiger partial charge is 0.0956 e. The van der Waals surface area contributed by atoms with E-state index in [1.165, 1.54) is 0 Å². The lowest BCUT2D eigenvalue weighted by molar-refractivity contribution is -0.0935. The third-order valence-corrected chi connectivity index (χ3v) is 4.73. The van der Waals surface area contributed by atoms with Crippen LogP contribution in [0.15, 0.2) is 0 Å². The predicted octanol–water partition coefficient (Wildman–Crippen LogP) is 4.53. The summed E-state index contributed by atoms with van der Waals surface area (Å²) in [6, 6.07) is 0.947. The first-order valence-electron chi connectivity index (χ1n) is 10.7. The molecule has 0 fully saturated rings. The fourth-order valence-corrected chi connectivity index (χ4v) is 2.53. The summed E-state index contributed by atoms with van der Waals surface area (Å²) in [7, 11) is 0. The first-order valence-corrected chi connectivity index (χ1v) is 10.7. The molecule has 0 aromatic carbocycles. The quantitative estimate of drug-likeness (QED) is 0.237. The minimum absolute atomic E-state index is 0.163. The Morgan fingerprint density at radius 3 is 2.26 bits per heavy atom. The topological polar surface area (TPSA) is 63.8 Å². The van der Waals surface area contributed by atoms with Crippen molar-refractivity contribution in [2.24, 2.45) is 11.8 Å². The molecule has 0 heterocycles. The standard InChI is InChI=1S/C21H46N3O3/c1-9-13-21(7,8)27-23-16-20(24-25-14-11-12-17(3)4)15-22-26-19(6)18(5)10-2/h17-19,22-24H,9-16H2,1-8H3. The number of hydrogen-bond acceptors (Lipinski definition) is 6. The van der Waals surface area contributed by atoms with E-state index in [1.54, 1.807) is 0 Å². The zero-order valence-electron chi connectivity index (χ0n) is 19.1. The minimum Gasteiger partial charge on any atom is -0.301 e. The van der Waals surface area contributed by atoms with Crippen molar-refractivity contribution in [1.29, 1.82) is 0 Å². The summed E-state index contributed by atoms with van der Waals surface area (Å²) >= 11 is 0. The summed E-state index contributed by atoms with van der Waals surface area (Å²) in [4.78, 5) is 17.2. The summed E-state index contributed by atoms with van der Waals surface area (Å²) < 4.78 is 0. The van der Waals surface area contributed by atoms with Crippen molar-refractivity contribution < 1.29 is 14.5 Å². The third kappa shape index (κ3) is 15.4. The van der Waals surface area contributed by atoms with Crippen LogP contribution in [0.25, 0.3) is 0 Å². The fraction of sp³-hybridized carbons (Fsp3) is 0.952. The van der Waals surface area contributed by atoms with Crippen LogP contribution in [-0.2, 0) is 14.5 Å². The second kappa shape index (κ2) is 15.7. The van der Waals surface area contributed by atoms with Gasteiger partial charge in [0.2, 0.25) is 0 Å². The maximum atomic E-state index is 5.81. The molecule has 0 aliphatic rings. The molecule has 0 saturated carbocycles. The molecule has 0 spiro atoms. The van der Waals surface area contributed by atoms with E-state index in [-0.39, 0.29) is 11.7 Å². The van der Waals surface area contributed by atoms with Crippen molar-refractivity contribution in [1.82, 2.24) is 16.4 Å². The van der Waals surface area contributed by atoms with Crippen LogP contribution in [0.1, 0.15) is 87.5 Å². The van der Waals surface area contributed by atoms with Gasteiger partial charge < -0.3 is 4.84 Å². The predicted molar refractivity (Wildman–Crippen MR) is 112 cm³/mol. The van der Waals surface area contributed by atoms with Crippen LogP contribution in [0.4, 0.5) is 0 Å². The van der Waals surface area contributed by atoms with Crippen LogP contribution >= 0.6 is 0 Å². The zero-order valence-corrected chi connectivity index (χ0v) is 19.1. The van der Waals surface area contributed by atoms with E-state index in [4.69, 9.17) is 14.5 Å². The third-order valence-electron chi connectivity index (χ3n) is 4.73. The first-order chi connectivity index (χ1) is 12.7. The lowest BCUT2D eigenvalue weighted by atomic mass is 10.0. The van der Waals surface area contributed by atoms with Crippen LogP contribution < -0.4 is 16.4 Å². The molecule has 0 saturated heterocycles. The van der Waals surface area contributed by atoms with Crippen LogP contribution in [0.2, 0.25) is 0 Å². The van der Waals surface area contributed by atoms with Gasteiger partial charge in [0, 0.05) is 13.1 Å². The molecule has 2 atom stereocenters. The van der Waals surface area contributed by atoms with Crippen LogP contribution in [0.5, 0.6) is 0 Å². The zero-order chi connectivity index (χ0) is 20.7. The van der Waals surface area contributed by atoms with Crippen molar-refractivity contribution in [3.05, 3.63) is 6.04 Å². The molecule has 2 unspecified atom stereocenters. The van der Waals surface area contributed by atoms with Crippen LogP contribution in [0, 0.1) is 17.9 Å². The van der Waals surface area contributed by atoms with Gasteiger partial charge in [-0.05, 0) is 51.9 Å². The highest BCUT2D eigenvalue weighted by Crippen LogP contribution is 2.14. The molecule has 0 amide bonds. The molecular weight excluding hydrogens is 342 g/mol. The van der Waals surface area contributed by atoms with Crippen molar-refractivity contribution in [2.75, 3.05) is 19.7 Å². The minimum atomic E-state index is -0.188. The Bertz CT molecular complexity index is 341. The van der Waals surface area contributed by atoms with E-state index in [9.17, 15) is 0 Å². The lowest BCUT2D eigenvalue weighted by Gasteiger charge is -2.27. The van der Waals surface area contributed by atoms with Gasteiger partial charge in [-0.25, -0.2) is 5.48 Å². The average Bonchev–Trinajstić information content (AvgIpc) is 2.59. The first kappa shape index (κ1) is 26.8. The summed E-state index contributed by atoms with van der Waals surface area (Å²) in [5.41, 5.74) is 9.00. The molecule has 0 aromatic heterocycles. The van der Waals surface area contributed by atoms with E-state index in [1.807, 2.05) is 0 Å². The highest BCUT2D eigenvalue weighted by atomic mass is 16.7. The monoisotopic (exact) mass is 388 g/mol. The van der Waals surface area contributed by atoms with Gasteiger partial charge in [0.1, 0.15) is 0 Å². The SMILES string of the molecule is CCCC(C)(C)ONC[C](CNOC(C)C(C)CC)NOCCCC(C)C. The molecule has 0 rings (SSSR count). The molecule has 0 aromatic rings. The highest BCUT2D eigenvalue weighted by molar-refractivity contribution is 4.87. The van der Waals surface area contributed by atoms with Gasteiger partial charge in [-0.15, -0.1) is 0 Å². The Morgan fingerprint density at radius 2 is 1.67 bits per heavy atom. The van der Waals surface area contributed by atoms with Gasteiger partial charge in [0.15, 0.2) is 0 Å². The number of rotatable bonds is 18. The van der Waals surface area contributed by atoms with Crippen LogP contribution in [-0.4, -0.2) is 31.4 Å². The molecule has 6 heteroatoms. The molecule has 6 nitrogen and oxygen atoms in total. The van der Waals surface area contributed by atoms with Gasteiger partial charge >= 0.3 is 0 Å². The second-order valence-electron chi connectivity index (χ2n) is 8.55. The van der Waals surface area contributed by atoms with Crippen molar-refractivity contribution >= 4 is 0 Å². The Balaban J connectivity index is 4.27. The molecule has 1 radical (unpaired) electrons. The average molecular weight is 389 g/mol. The number of hydrogen-bond donors (Lipinski definition) is 3. The van der Waals surface area contributed by atoms with Gasteiger partial charge in [-0.3, -0.25) is 9.68 Å². The largest absolute Gasteiger partial charge is 0.301 e. The Hall–Kier alpha value is -0.240. The van der Waals surface area contributed by atoms with Crippen molar-refractivity contribution in [2.45, 2.75) is 99.2 Å². The van der Waals surface area contributed by atoms with E-state index in [0.29, 0.717) is 31.5 Å². The summed E-state index contributed by atoms with van der Waals surface area (Å²) in [5, 5.41) is 0. The Labute approximate surface area is 168 Å². The number of hydroxylamine groups is 3. The van der Waals surface area contributed by atoms with E-state index in [0.717, 1.165) is 38.1 Å². The molecule has 0 aliphatic carbocycles. The van der Waals surface area contributed by atoms with E-state index < -0.39 is 0 Å². The maximum Gasteiger partial charge on any atom is 0.0956 e. The van der Waals surface area contributed by atoms with Crippen molar-refractivity contribution in [3.8, 4) is 0 Å². The molecule has 3 N–H and O–H groups in total. The molecular formula is C21H46N3O3. The summed E-state index contributed by atoms with van der Waals surface area (Å²) in [5.74, 6) is 1.21. The van der Waals surface area contributed by atoms with E-state index in [2.05, 4.69) is 71.8 Å². The normalized spacial score (nSPS) is 14.9. The van der Waals surface area contributed by atoms with E-state index >= 15 is 0 Å². The summed E-state index contributed by atoms with van der Waals surface area (Å²) in [6.45, 7) is 19.0. The summed E-state index contributed by atoms with van der Waals surface area (Å²) in [6.07, 6.45) is 5.56. The van der Waals surface area contributed by atoms with Gasteiger partial charge in [-0.2, -0.15) is 11.0 Å². The van der Waals surface area contributed by atoms with Crippen LogP contribution in [0.3, 0.4) is 0 Å². The maximum absolute atomic E-state index is 5.81. The molecule has 27 heavy (non-hydrogen) atoms. The fourth-order valence-electron chi connectivity index (χ4n) is 2.53.